The van der Waals surface area contributed by atoms with Gasteiger partial charge in [0.15, 0.2) is 0 Å². The van der Waals surface area contributed by atoms with E-state index in [1.165, 1.54) is 12.1 Å². The van der Waals surface area contributed by atoms with E-state index in [4.69, 9.17) is 5.11 Å². The number of carboxylic acid groups (broad SMARTS) is 1. The van der Waals surface area contributed by atoms with Crippen LogP contribution in [0.1, 0.15) is 5.56 Å². The van der Waals surface area contributed by atoms with Gasteiger partial charge in [0, 0.05) is 6.54 Å². The van der Waals surface area contributed by atoms with Gasteiger partial charge < -0.3 is 10.4 Å². The van der Waals surface area contributed by atoms with Crippen LogP contribution in [-0.4, -0.2) is 23.5 Å². The Morgan fingerprint density at radius 2 is 2.13 bits per heavy atom. The Morgan fingerprint density at radius 3 is 2.73 bits per heavy atom. The number of amides is 1. The Bertz CT molecular complexity index is 379. The summed E-state index contributed by atoms with van der Waals surface area (Å²) in [4.78, 5) is 20.7. The maximum Gasteiger partial charge on any atom is 0.394 e. The molecule has 80 valence electrons. The van der Waals surface area contributed by atoms with Crippen LogP contribution in [0.25, 0.3) is 0 Å². The Hall–Kier alpha value is -1.91. The van der Waals surface area contributed by atoms with E-state index in [-0.39, 0.29) is 12.4 Å². The normalized spacial score (nSPS) is 9.67. The van der Waals surface area contributed by atoms with Crippen molar-refractivity contribution < 1.29 is 19.1 Å². The zero-order valence-corrected chi connectivity index (χ0v) is 7.87. The van der Waals surface area contributed by atoms with E-state index in [0.717, 1.165) is 0 Å². The summed E-state index contributed by atoms with van der Waals surface area (Å²) >= 11 is 0. The molecule has 0 bridgehead atoms. The predicted molar refractivity (Wildman–Crippen MR) is 50.7 cm³/mol. The van der Waals surface area contributed by atoms with E-state index in [1.54, 1.807) is 12.1 Å². The lowest BCUT2D eigenvalue weighted by atomic mass is 10.1. The number of nitrogens with one attached hydrogen (secondary N) is 1. The number of carbonyl (C=O) groups is 2. The molecule has 4 nitrogen and oxygen atoms in total. The van der Waals surface area contributed by atoms with Crippen LogP contribution in [-0.2, 0) is 16.0 Å². The van der Waals surface area contributed by atoms with Gasteiger partial charge in [-0.05, 0) is 24.1 Å². The monoisotopic (exact) mass is 211 g/mol. The van der Waals surface area contributed by atoms with E-state index >= 15 is 0 Å². The molecule has 0 spiro atoms. The summed E-state index contributed by atoms with van der Waals surface area (Å²) in [6.45, 7) is 0.175. The first-order valence-corrected chi connectivity index (χ1v) is 4.35. The van der Waals surface area contributed by atoms with Crippen molar-refractivity contribution in [2.24, 2.45) is 0 Å². The molecule has 0 aromatic heterocycles. The molecule has 1 aromatic rings. The third kappa shape index (κ3) is 3.76. The van der Waals surface area contributed by atoms with Gasteiger partial charge in [-0.3, -0.25) is 4.79 Å². The van der Waals surface area contributed by atoms with Crippen LogP contribution in [0.5, 0.6) is 0 Å². The van der Waals surface area contributed by atoms with Crippen LogP contribution < -0.4 is 5.32 Å². The second-order valence-corrected chi connectivity index (χ2v) is 2.94. The fourth-order valence-corrected chi connectivity index (χ4v) is 1.09. The number of aliphatic carboxylic acids is 1. The number of hydrogen-bond acceptors (Lipinski definition) is 2. The molecule has 0 saturated carbocycles. The maximum atomic E-state index is 12.7. The molecule has 1 amide bonds. The van der Waals surface area contributed by atoms with Gasteiger partial charge >= 0.3 is 11.9 Å². The number of hydrogen-bond donors (Lipinski definition) is 2. The number of rotatable bonds is 3. The van der Waals surface area contributed by atoms with Crippen molar-refractivity contribution in [2.45, 2.75) is 6.42 Å². The average molecular weight is 211 g/mol. The molecule has 0 aliphatic carbocycles. The molecule has 0 unspecified atom stereocenters. The lowest BCUT2D eigenvalue weighted by Crippen LogP contribution is -2.32. The quantitative estimate of drug-likeness (QED) is 0.718. The van der Waals surface area contributed by atoms with Crippen LogP contribution in [0.15, 0.2) is 24.3 Å². The summed E-state index contributed by atoms with van der Waals surface area (Å²) in [5.41, 5.74) is 0.709. The third-order valence-corrected chi connectivity index (χ3v) is 1.78. The standard InChI is InChI=1S/C10H10FNO3/c11-8-3-1-2-7(6-8)4-5-12-9(13)10(14)15/h1-3,6H,4-5H2,(H,12,13)(H,14,15). The van der Waals surface area contributed by atoms with E-state index in [2.05, 4.69) is 5.32 Å². The molecule has 5 heteroatoms. The van der Waals surface area contributed by atoms with E-state index in [9.17, 15) is 14.0 Å². The summed E-state index contributed by atoms with van der Waals surface area (Å²) in [5.74, 6) is -2.92. The minimum absolute atomic E-state index is 0.175. The Balaban J connectivity index is 2.38. The lowest BCUT2D eigenvalue weighted by Gasteiger charge is -2.02. The first kappa shape index (κ1) is 11.2. The maximum absolute atomic E-state index is 12.7. The number of carbonyl (C=O) groups excluding carboxylic acids is 1. The Kier molecular flexibility index (Phi) is 3.79. The highest BCUT2D eigenvalue weighted by molar-refractivity contribution is 6.31. The largest absolute Gasteiger partial charge is 0.474 e. The van der Waals surface area contributed by atoms with Crippen molar-refractivity contribution >= 4 is 11.9 Å². The van der Waals surface area contributed by atoms with Crippen molar-refractivity contribution in [3.8, 4) is 0 Å². The van der Waals surface area contributed by atoms with Crippen molar-refractivity contribution in [3.05, 3.63) is 35.6 Å². The van der Waals surface area contributed by atoms with Gasteiger partial charge in [-0.1, -0.05) is 12.1 Å². The molecular weight excluding hydrogens is 201 g/mol. The SMILES string of the molecule is O=C(O)C(=O)NCCc1cccc(F)c1. The minimum atomic E-state index is -1.52. The van der Waals surface area contributed by atoms with Crippen LogP contribution >= 0.6 is 0 Å². The Labute approximate surface area is 85.7 Å². The first-order valence-electron chi connectivity index (χ1n) is 4.35. The van der Waals surface area contributed by atoms with Crippen LogP contribution in [0.2, 0.25) is 0 Å². The van der Waals surface area contributed by atoms with Crippen molar-refractivity contribution in [3.63, 3.8) is 0 Å². The van der Waals surface area contributed by atoms with Crippen molar-refractivity contribution in [1.29, 1.82) is 0 Å². The molecular formula is C10H10FNO3. The number of benzene rings is 1. The summed E-state index contributed by atoms with van der Waals surface area (Å²) in [6.07, 6.45) is 0.400. The molecule has 1 aromatic carbocycles. The van der Waals surface area contributed by atoms with Crippen LogP contribution in [0.4, 0.5) is 4.39 Å². The van der Waals surface area contributed by atoms with E-state index in [1.807, 2.05) is 0 Å². The number of carboxylic acids is 1. The molecule has 0 heterocycles. The molecule has 0 atom stereocenters. The highest BCUT2D eigenvalue weighted by Gasteiger charge is 2.09. The smallest absolute Gasteiger partial charge is 0.394 e. The van der Waals surface area contributed by atoms with E-state index in [0.29, 0.717) is 12.0 Å². The van der Waals surface area contributed by atoms with Gasteiger partial charge in [-0.2, -0.15) is 0 Å². The van der Waals surface area contributed by atoms with Gasteiger partial charge in [-0.25, -0.2) is 9.18 Å². The average Bonchev–Trinajstić information content (AvgIpc) is 2.17. The highest BCUT2D eigenvalue weighted by Crippen LogP contribution is 2.03. The lowest BCUT2D eigenvalue weighted by molar-refractivity contribution is -0.150. The van der Waals surface area contributed by atoms with Gasteiger partial charge in [0.2, 0.25) is 0 Å². The molecule has 15 heavy (non-hydrogen) atoms. The number of halogens is 1. The van der Waals surface area contributed by atoms with Gasteiger partial charge in [0.05, 0.1) is 0 Å². The van der Waals surface area contributed by atoms with Gasteiger partial charge in [0.1, 0.15) is 5.82 Å². The molecule has 2 N–H and O–H groups in total. The van der Waals surface area contributed by atoms with E-state index < -0.39 is 11.9 Å². The fourth-order valence-electron chi connectivity index (χ4n) is 1.09. The topological polar surface area (TPSA) is 66.4 Å². The van der Waals surface area contributed by atoms with Crippen LogP contribution in [0, 0.1) is 5.82 Å². The summed E-state index contributed by atoms with van der Waals surface area (Å²) in [7, 11) is 0. The van der Waals surface area contributed by atoms with Crippen molar-refractivity contribution in [1.82, 2.24) is 5.32 Å². The summed E-state index contributed by atoms with van der Waals surface area (Å²) in [6, 6.07) is 5.92. The zero-order chi connectivity index (χ0) is 11.3. The second-order valence-electron chi connectivity index (χ2n) is 2.94. The predicted octanol–water partition coefficient (Wildman–Crippen LogP) is 0.569. The zero-order valence-electron chi connectivity index (χ0n) is 7.87. The van der Waals surface area contributed by atoms with Crippen LogP contribution in [0.3, 0.4) is 0 Å². The fraction of sp³-hybridized carbons (Fsp3) is 0.200. The van der Waals surface area contributed by atoms with Crippen molar-refractivity contribution in [2.75, 3.05) is 6.54 Å². The summed E-state index contributed by atoms with van der Waals surface area (Å²) in [5, 5.41) is 10.4. The molecule has 0 radical (unpaired) electrons. The molecule has 1 rings (SSSR count). The van der Waals surface area contributed by atoms with Gasteiger partial charge in [-0.15, -0.1) is 0 Å². The van der Waals surface area contributed by atoms with Gasteiger partial charge in [0.25, 0.3) is 0 Å². The molecule has 0 fully saturated rings. The molecule has 0 aliphatic heterocycles. The highest BCUT2D eigenvalue weighted by atomic mass is 19.1. The Morgan fingerprint density at radius 1 is 1.40 bits per heavy atom. The second kappa shape index (κ2) is 5.09. The molecule has 0 saturated heterocycles. The minimum Gasteiger partial charge on any atom is -0.474 e. The summed E-state index contributed by atoms with van der Waals surface area (Å²) < 4.78 is 12.7. The third-order valence-electron chi connectivity index (χ3n) is 1.78. The molecule has 0 aliphatic rings. The first-order chi connectivity index (χ1) is 7.09.